The minimum absolute atomic E-state index is 0. The summed E-state index contributed by atoms with van der Waals surface area (Å²) in [6.45, 7) is 0. The number of halogens is 3. The molecule has 114 valence electrons. The van der Waals surface area contributed by atoms with Crippen LogP contribution in [0.4, 0.5) is 18.9 Å². The molecule has 1 N–H and O–H groups in total. The van der Waals surface area contributed by atoms with Crippen molar-refractivity contribution in [2.24, 2.45) is 0 Å². The summed E-state index contributed by atoms with van der Waals surface area (Å²) in [6.07, 6.45) is -4.36. The maximum atomic E-state index is 13.3. The Morgan fingerprint density at radius 1 is 0.810 bits per heavy atom. The van der Waals surface area contributed by atoms with E-state index in [9.17, 15) is 13.2 Å². The van der Waals surface area contributed by atoms with Gasteiger partial charge < -0.3 is 5.48 Å². The summed E-state index contributed by atoms with van der Waals surface area (Å²) in [5.41, 5.74) is 0.900. The molecule has 0 saturated heterocycles. The van der Waals surface area contributed by atoms with E-state index in [0.717, 1.165) is 6.07 Å². The third-order valence-corrected chi connectivity index (χ3v) is 3.13. The van der Waals surface area contributed by atoms with Gasteiger partial charge in [-0.05, 0) is 17.7 Å². The Hall–Kier alpha value is -1.85. The molecule has 0 amide bonds. The van der Waals surface area contributed by atoms with Gasteiger partial charge in [0.25, 0.3) is 0 Å². The standard InChI is InChI=1S/C16H17F3N.H2O/c1-20(2,3)14-11-7-10-13(16(17,18)19)15(14)12-8-5-4-6-9-12;/h4-11H,1-3H3;1H2/q+1;/p-1. The molecule has 0 radical (unpaired) electrons. The second-order valence-electron chi connectivity index (χ2n) is 5.58. The van der Waals surface area contributed by atoms with E-state index >= 15 is 0 Å². The van der Waals surface area contributed by atoms with E-state index in [4.69, 9.17) is 0 Å². The first kappa shape index (κ1) is 17.2. The summed E-state index contributed by atoms with van der Waals surface area (Å²) in [5.74, 6) is 0. The Bertz CT molecular complexity index is 569. The molecule has 0 aliphatic rings. The second kappa shape index (κ2) is 5.87. The van der Waals surface area contributed by atoms with Crippen molar-refractivity contribution in [3.05, 3.63) is 54.1 Å². The minimum Gasteiger partial charge on any atom is -0.870 e. The van der Waals surface area contributed by atoms with Gasteiger partial charge >= 0.3 is 6.18 Å². The van der Waals surface area contributed by atoms with Crippen LogP contribution in [0.2, 0.25) is 0 Å². The SMILES string of the molecule is C[N+](C)(C)c1cccc(C(F)(F)F)c1-c1ccccc1.[OH-]. The first-order chi connectivity index (χ1) is 9.21. The topological polar surface area (TPSA) is 30.0 Å². The molecule has 2 aromatic rings. The Labute approximate surface area is 122 Å². The highest BCUT2D eigenvalue weighted by Gasteiger charge is 2.36. The summed E-state index contributed by atoms with van der Waals surface area (Å²) in [6, 6.07) is 13.1. The highest BCUT2D eigenvalue weighted by molar-refractivity contribution is 5.80. The average Bonchev–Trinajstić information content (AvgIpc) is 2.37. The fourth-order valence-corrected chi connectivity index (χ4v) is 2.24. The second-order valence-corrected chi connectivity index (χ2v) is 5.58. The van der Waals surface area contributed by atoms with E-state index in [-0.39, 0.29) is 11.0 Å². The van der Waals surface area contributed by atoms with Crippen LogP contribution in [0.5, 0.6) is 0 Å². The summed E-state index contributed by atoms with van der Waals surface area (Å²) >= 11 is 0. The fraction of sp³-hybridized carbons (Fsp3) is 0.250. The number of quaternary nitrogens is 1. The highest BCUT2D eigenvalue weighted by Crippen LogP contribution is 2.42. The van der Waals surface area contributed by atoms with Crippen molar-refractivity contribution in [2.75, 3.05) is 21.1 Å². The van der Waals surface area contributed by atoms with Crippen LogP contribution in [0, 0.1) is 0 Å². The van der Waals surface area contributed by atoms with E-state index in [1.165, 1.54) is 6.07 Å². The van der Waals surface area contributed by atoms with E-state index < -0.39 is 11.7 Å². The molecule has 0 unspecified atom stereocenters. The predicted molar refractivity (Wildman–Crippen MR) is 78.4 cm³/mol. The highest BCUT2D eigenvalue weighted by atomic mass is 19.4. The Kier molecular flexibility index (Phi) is 4.81. The quantitative estimate of drug-likeness (QED) is 0.756. The van der Waals surface area contributed by atoms with E-state index in [0.29, 0.717) is 15.7 Å². The lowest BCUT2D eigenvalue weighted by Gasteiger charge is -2.28. The average molecular weight is 297 g/mol. The summed E-state index contributed by atoms with van der Waals surface area (Å²) in [7, 11) is 5.59. The zero-order valence-electron chi connectivity index (χ0n) is 12.1. The van der Waals surface area contributed by atoms with Crippen LogP contribution < -0.4 is 4.48 Å². The van der Waals surface area contributed by atoms with Crippen molar-refractivity contribution in [1.29, 1.82) is 0 Å². The number of alkyl halides is 3. The Balaban J connectivity index is 0.00000220. The first-order valence-electron chi connectivity index (χ1n) is 6.29. The van der Waals surface area contributed by atoms with Gasteiger partial charge in [-0.1, -0.05) is 36.4 Å². The molecule has 0 fully saturated rings. The Morgan fingerprint density at radius 3 is 1.86 bits per heavy atom. The first-order valence-corrected chi connectivity index (χ1v) is 6.29. The van der Waals surface area contributed by atoms with Crippen molar-refractivity contribution < 1.29 is 18.6 Å². The predicted octanol–water partition coefficient (Wildman–Crippen LogP) is 4.39. The van der Waals surface area contributed by atoms with Gasteiger partial charge in [0, 0.05) is 0 Å². The lowest BCUT2D eigenvalue weighted by molar-refractivity contribution is -0.137. The maximum absolute atomic E-state index is 13.3. The van der Waals surface area contributed by atoms with Crippen LogP contribution in [-0.4, -0.2) is 26.6 Å². The van der Waals surface area contributed by atoms with Crippen LogP contribution >= 0.6 is 0 Å². The molecule has 0 bridgehead atoms. The summed E-state index contributed by atoms with van der Waals surface area (Å²) < 4.78 is 40.2. The van der Waals surface area contributed by atoms with Gasteiger partial charge in [-0.2, -0.15) is 13.2 Å². The molecule has 0 aliphatic carbocycles. The number of benzene rings is 2. The van der Waals surface area contributed by atoms with Crippen molar-refractivity contribution in [3.63, 3.8) is 0 Å². The van der Waals surface area contributed by atoms with Gasteiger partial charge in [0.1, 0.15) is 5.69 Å². The van der Waals surface area contributed by atoms with Gasteiger partial charge in [0.2, 0.25) is 0 Å². The minimum atomic E-state index is -4.36. The number of nitrogens with zero attached hydrogens (tertiary/aromatic N) is 1. The summed E-state index contributed by atoms with van der Waals surface area (Å²) in [5, 5.41) is 0. The molecule has 0 saturated carbocycles. The number of hydrogen-bond acceptors (Lipinski definition) is 1. The molecule has 0 aliphatic heterocycles. The maximum Gasteiger partial charge on any atom is 0.417 e. The zero-order valence-corrected chi connectivity index (χ0v) is 12.1. The smallest absolute Gasteiger partial charge is 0.417 e. The molecule has 0 spiro atoms. The third-order valence-electron chi connectivity index (χ3n) is 3.13. The molecule has 5 heteroatoms. The molecular formula is C16H18F3NO. The third kappa shape index (κ3) is 3.62. The molecule has 2 nitrogen and oxygen atoms in total. The van der Waals surface area contributed by atoms with Gasteiger partial charge in [-0.15, -0.1) is 0 Å². The molecule has 0 atom stereocenters. The van der Waals surface area contributed by atoms with Gasteiger partial charge in [-0.25, -0.2) is 0 Å². The molecule has 2 rings (SSSR count). The van der Waals surface area contributed by atoms with Crippen molar-refractivity contribution in [3.8, 4) is 11.1 Å². The van der Waals surface area contributed by atoms with Gasteiger partial charge in [-0.3, -0.25) is 4.48 Å². The lowest BCUT2D eigenvalue weighted by atomic mass is 9.96. The lowest BCUT2D eigenvalue weighted by Crippen LogP contribution is -2.35. The van der Waals surface area contributed by atoms with E-state index in [2.05, 4.69) is 0 Å². The largest absolute Gasteiger partial charge is 0.870 e. The van der Waals surface area contributed by atoms with Crippen LogP contribution in [0.3, 0.4) is 0 Å². The summed E-state index contributed by atoms with van der Waals surface area (Å²) in [4.78, 5) is 0. The van der Waals surface area contributed by atoms with Crippen LogP contribution in [-0.2, 0) is 6.18 Å². The molecule has 0 heterocycles. The Morgan fingerprint density at radius 2 is 1.38 bits per heavy atom. The number of rotatable bonds is 2. The molecule has 21 heavy (non-hydrogen) atoms. The number of hydrogen-bond donors (Lipinski definition) is 0. The van der Waals surface area contributed by atoms with E-state index in [1.54, 1.807) is 36.4 Å². The molecular weight excluding hydrogens is 279 g/mol. The van der Waals surface area contributed by atoms with Gasteiger partial charge in [0.15, 0.2) is 0 Å². The molecule has 2 aromatic carbocycles. The fourth-order valence-electron chi connectivity index (χ4n) is 2.24. The van der Waals surface area contributed by atoms with Crippen LogP contribution in [0.25, 0.3) is 11.1 Å². The van der Waals surface area contributed by atoms with Gasteiger partial charge in [0.05, 0.1) is 32.3 Å². The van der Waals surface area contributed by atoms with Crippen LogP contribution in [0.15, 0.2) is 48.5 Å². The molecule has 0 aromatic heterocycles. The van der Waals surface area contributed by atoms with Crippen molar-refractivity contribution in [1.82, 2.24) is 4.48 Å². The van der Waals surface area contributed by atoms with Crippen molar-refractivity contribution in [2.45, 2.75) is 6.18 Å². The van der Waals surface area contributed by atoms with Crippen LogP contribution in [0.1, 0.15) is 5.56 Å². The zero-order chi connectivity index (χ0) is 15.0. The normalized spacial score (nSPS) is 11.9. The van der Waals surface area contributed by atoms with E-state index in [1.807, 2.05) is 21.1 Å². The van der Waals surface area contributed by atoms with Crippen molar-refractivity contribution >= 4 is 5.69 Å². The monoisotopic (exact) mass is 297 g/mol.